The molecule has 0 aromatic carbocycles. The van der Waals surface area contributed by atoms with E-state index < -0.39 is 12.1 Å². The van der Waals surface area contributed by atoms with E-state index in [1.165, 1.54) is 25.7 Å². The molecule has 2 atom stereocenters. The van der Waals surface area contributed by atoms with Gasteiger partial charge in [-0.1, -0.05) is 140 Å². The molecule has 47 heavy (non-hydrogen) atoms. The zero-order valence-corrected chi connectivity index (χ0v) is 34.2. The number of amides is 3. The summed E-state index contributed by atoms with van der Waals surface area (Å²) in [6, 6.07) is 0. The van der Waals surface area contributed by atoms with Crippen LogP contribution in [-0.4, -0.2) is 78.4 Å². The quantitative estimate of drug-likeness (QED) is 0.0484. The van der Waals surface area contributed by atoms with Crippen LogP contribution in [0.3, 0.4) is 0 Å². The fourth-order valence-electron chi connectivity index (χ4n) is 3.06. The zero-order valence-electron chi connectivity index (χ0n) is 33.4. The summed E-state index contributed by atoms with van der Waals surface area (Å²) in [5, 5.41) is 15.8. The fourth-order valence-corrected chi connectivity index (χ4v) is 4.00. The lowest BCUT2D eigenvalue weighted by molar-refractivity contribution is -0.134. The average molecular weight is 695 g/mol. The van der Waals surface area contributed by atoms with Crippen molar-refractivity contribution in [1.29, 1.82) is 0 Å². The Kier molecular flexibility index (Phi) is 53.1. The van der Waals surface area contributed by atoms with Gasteiger partial charge in [0, 0.05) is 37.2 Å². The van der Waals surface area contributed by atoms with Crippen LogP contribution in [0.2, 0.25) is 0 Å². The smallest absolute Gasteiger partial charge is 0.407 e. The first-order valence-electron chi connectivity index (χ1n) is 17.7. The molecule has 0 fully saturated rings. The van der Waals surface area contributed by atoms with E-state index in [0.717, 1.165) is 32.7 Å². The van der Waals surface area contributed by atoms with Gasteiger partial charge in [-0.3, -0.25) is 14.4 Å². The number of carbonyl (C=O) groups excluding carboxylic acids is 3. The molecule has 0 aliphatic heterocycles. The summed E-state index contributed by atoms with van der Waals surface area (Å²) < 4.78 is 7.65. The van der Waals surface area contributed by atoms with Gasteiger partial charge in [0.25, 0.3) is 5.97 Å². The highest BCUT2D eigenvalue weighted by atomic mass is 32.2. The van der Waals surface area contributed by atoms with Crippen molar-refractivity contribution in [2.45, 2.75) is 154 Å². The number of allylic oxidation sites excluding steroid dienone is 1. The second-order valence-corrected chi connectivity index (χ2v) is 13.0. The van der Waals surface area contributed by atoms with Crippen molar-refractivity contribution >= 4 is 36.3 Å². The number of unbranched alkanes of at least 4 members (excludes halogenated alkanes) is 4. The third kappa shape index (κ3) is 56.4. The molecule has 2 unspecified atom stereocenters. The number of hydrogen-bond donors (Lipinski definition) is 4. The predicted octanol–water partition coefficient (Wildman–Crippen LogP) is 8.71. The number of ether oxygens (including phenoxy) is 1. The lowest BCUT2D eigenvalue weighted by atomic mass is 9.89. The molecule has 0 spiro atoms. The minimum atomic E-state index is -0.833. The topological polar surface area (TPSA) is 137 Å². The van der Waals surface area contributed by atoms with E-state index in [1.807, 2.05) is 69.4 Å². The first-order valence-corrected chi connectivity index (χ1v) is 18.6. The Bertz CT molecular complexity index is 712. The SMILES string of the molecule is CC.CC.CC.CC(=O)O.CCCCC/C=C\C(C)CNC=O.CCCCNC(=O)CNC(=O)OC(CN(C)SC(C)C)C(C)(C)C. The molecule has 4 N–H and O–H groups in total. The first-order chi connectivity index (χ1) is 22.1. The molecular weight excluding hydrogens is 616 g/mol. The van der Waals surface area contributed by atoms with Crippen molar-refractivity contribution in [1.82, 2.24) is 20.3 Å². The van der Waals surface area contributed by atoms with Crippen molar-refractivity contribution in [2.24, 2.45) is 11.3 Å². The van der Waals surface area contributed by atoms with Gasteiger partial charge in [-0.2, -0.15) is 0 Å². The van der Waals surface area contributed by atoms with Gasteiger partial charge in [-0.05, 0) is 32.2 Å². The molecule has 0 aromatic rings. The number of nitrogens with one attached hydrogen (secondary N) is 3. The summed E-state index contributed by atoms with van der Waals surface area (Å²) in [4.78, 5) is 42.6. The van der Waals surface area contributed by atoms with Crippen LogP contribution in [-0.2, 0) is 19.1 Å². The van der Waals surface area contributed by atoms with Crippen molar-refractivity contribution in [3.63, 3.8) is 0 Å². The number of likely N-dealkylation sites (N-methyl/N-ethyl adjacent to an activating group) is 1. The number of carboxylic acids is 1. The van der Waals surface area contributed by atoms with E-state index in [-0.39, 0.29) is 24.0 Å². The Hall–Kier alpha value is -2.27. The molecule has 0 radical (unpaired) electrons. The number of carbonyl (C=O) groups is 4. The van der Waals surface area contributed by atoms with Crippen molar-refractivity contribution < 1.29 is 29.0 Å². The molecule has 10 nitrogen and oxygen atoms in total. The Morgan fingerprint density at radius 3 is 1.85 bits per heavy atom. The van der Waals surface area contributed by atoms with Gasteiger partial charge in [-0.15, -0.1) is 0 Å². The van der Waals surface area contributed by atoms with E-state index in [4.69, 9.17) is 14.6 Å². The summed E-state index contributed by atoms with van der Waals surface area (Å²) in [6.45, 7) is 31.8. The maximum atomic E-state index is 12.0. The molecule has 0 aromatic heterocycles. The van der Waals surface area contributed by atoms with E-state index in [0.29, 0.717) is 24.3 Å². The molecular formula is C36H78N4O6S. The van der Waals surface area contributed by atoms with Crippen LogP contribution in [0.15, 0.2) is 12.2 Å². The molecule has 284 valence electrons. The van der Waals surface area contributed by atoms with E-state index in [2.05, 4.69) is 67.0 Å². The van der Waals surface area contributed by atoms with Crippen molar-refractivity contribution in [3.05, 3.63) is 12.2 Å². The van der Waals surface area contributed by atoms with Crippen LogP contribution in [0.5, 0.6) is 0 Å². The summed E-state index contributed by atoms with van der Waals surface area (Å²) in [7, 11) is 1.99. The van der Waals surface area contributed by atoms with Crippen molar-refractivity contribution in [2.75, 3.05) is 33.2 Å². The van der Waals surface area contributed by atoms with Gasteiger partial charge in [-0.25, -0.2) is 9.10 Å². The molecule has 11 heteroatoms. The number of nitrogens with zero attached hydrogens (tertiary/aromatic N) is 1. The summed E-state index contributed by atoms with van der Waals surface area (Å²) in [6.07, 6.45) is 11.3. The van der Waals surface area contributed by atoms with Crippen LogP contribution in [0.4, 0.5) is 4.79 Å². The molecule has 0 bridgehead atoms. The Morgan fingerprint density at radius 1 is 0.915 bits per heavy atom. The highest BCUT2D eigenvalue weighted by Gasteiger charge is 2.30. The summed E-state index contributed by atoms with van der Waals surface area (Å²) in [5.74, 6) is -0.577. The molecule has 0 aliphatic rings. The molecule has 0 heterocycles. The largest absolute Gasteiger partial charge is 0.481 e. The van der Waals surface area contributed by atoms with Gasteiger partial charge in [0.15, 0.2) is 0 Å². The number of aliphatic carboxylic acids is 1. The van der Waals surface area contributed by atoms with Gasteiger partial charge < -0.3 is 25.8 Å². The van der Waals surface area contributed by atoms with Crippen LogP contribution in [0.1, 0.15) is 142 Å². The maximum absolute atomic E-state index is 12.0. The third-order valence-corrected chi connectivity index (χ3v) is 6.17. The second kappa shape index (κ2) is 43.7. The molecule has 0 aliphatic carbocycles. The third-order valence-electron chi connectivity index (χ3n) is 5.24. The second-order valence-electron chi connectivity index (χ2n) is 11.2. The predicted molar refractivity (Wildman–Crippen MR) is 205 cm³/mol. The Morgan fingerprint density at radius 2 is 1.43 bits per heavy atom. The van der Waals surface area contributed by atoms with E-state index in [1.54, 1.807) is 11.9 Å². The maximum Gasteiger partial charge on any atom is 0.407 e. The van der Waals surface area contributed by atoms with Gasteiger partial charge >= 0.3 is 6.09 Å². The zero-order chi connectivity index (χ0) is 38.3. The average Bonchev–Trinajstić information content (AvgIpc) is 3.01. The molecule has 0 saturated carbocycles. The van der Waals surface area contributed by atoms with E-state index in [9.17, 15) is 14.4 Å². The summed E-state index contributed by atoms with van der Waals surface area (Å²) >= 11 is 1.71. The van der Waals surface area contributed by atoms with Gasteiger partial charge in [0.2, 0.25) is 12.3 Å². The lowest BCUT2D eigenvalue weighted by Crippen LogP contribution is -2.44. The lowest BCUT2D eigenvalue weighted by Gasteiger charge is -2.33. The summed E-state index contributed by atoms with van der Waals surface area (Å²) in [5.41, 5.74) is -0.188. The Labute approximate surface area is 295 Å². The molecule has 0 saturated heterocycles. The monoisotopic (exact) mass is 695 g/mol. The minimum absolute atomic E-state index is 0.0595. The number of alkyl carbamates (subject to hydrolysis) is 1. The van der Waals surface area contributed by atoms with Crippen molar-refractivity contribution in [3.8, 4) is 0 Å². The van der Waals surface area contributed by atoms with Crippen LogP contribution >= 0.6 is 11.9 Å². The fraction of sp³-hybridized carbons (Fsp3) is 0.833. The molecule has 3 amide bonds. The normalized spacial score (nSPS) is 11.2. The number of rotatable bonds is 18. The van der Waals surface area contributed by atoms with Gasteiger partial charge in [0.1, 0.15) is 6.10 Å². The minimum Gasteiger partial charge on any atom is -0.481 e. The first kappa shape index (κ1) is 57.0. The number of hydrogen-bond acceptors (Lipinski definition) is 7. The molecule has 0 rings (SSSR count). The van der Waals surface area contributed by atoms with Crippen LogP contribution < -0.4 is 16.0 Å². The Balaban J connectivity index is -0.000000153. The van der Waals surface area contributed by atoms with Crippen LogP contribution in [0.25, 0.3) is 0 Å². The highest BCUT2D eigenvalue weighted by Crippen LogP contribution is 2.25. The van der Waals surface area contributed by atoms with E-state index >= 15 is 0 Å². The number of carboxylic acid groups (broad SMARTS) is 1. The standard InChI is InChI=1S/C17H35N3O3S.C11H21NO.C2H4O2.3C2H6/c1-8-9-10-18-15(21)11-19-16(22)23-14(17(4,5)6)12-20(7)24-13(2)3;1-3-4-5-6-7-8-11(2)9-12-10-13;1-2(3)4;3*1-2/h13-14H,8-12H2,1-7H3,(H,18,21)(H,19,22);7-8,10-11H,3-6,9H2,1-2H3,(H,12,13);1H3,(H,3,4);3*1-2H3/b;8-7-;;;;. The highest BCUT2D eigenvalue weighted by molar-refractivity contribution is 7.97. The van der Waals surface area contributed by atoms with Gasteiger partial charge in [0.05, 0.1) is 6.54 Å². The van der Waals surface area contributed by atoms with Crippen LogP contribution in [0, 0.1) is 11.3 Å².